The molecule has 2 amide bonds. The van der Waals surface area contributed by atoms with Gasteiger partial charge in [0.05, 0.1) is 4.90 Å². The number of carbonyl (C=O) groups is 2. The fourth-order valence-corrected chi connectivity index (χ4v) is 5.34. The minimum absolute atomic E-state index is 0.0680. The number of aryl methyl sites for hydroxylation is 1. The van der Waals surface area contributed by atoms with Crippen molar-refractivity contribution >= 4 is 33.2 Å². The van der Waals surface area contributed by atoms with Crippen LogP contribution in [0.15, 0.2) is 77.7 Å². The number of amides is 2. The Morgan fingerprint density at radius 1 is 1.00 bits per heavy atom. The summed E-state index contributed by atoms with van der Waals surface area (Å²) >= 11 is 0. The highest BCUT2D eigenvalue weighted by molar-refractivity contribution is 7.89. The summed E-state index contributed by atoms with van der Waals surface area (Å²) in [6.45, 7) is 3.89. The fourth-order valence-electron chi connectivity index (χ4n) is 4.10. The Bertz CT molecular complexity index is 1320. The van der Waals surface area contributed by atoms with E-state index in [2.05, 4.69) is 10.0 Å². The first kappa shape index (κ1) is 23.7. The molecule has 7 nitrogen and oxygen atoms in total. The average Bonchev–Trinajstić information content (AvgIpc) is 3.24. The molecule has 8 heteroatoms. The number of rotatable bonds is 7. The molecule has 3 aromatic rings. The summed E-state index contributed by atoms with van der Waals surface area (Å²) in [7, 11) is -4.00. The fraction of sp³-hybridized carbons (Fsp3) is 0.231. The molecule has 0 radical (unpaired) electrons. The van der Waals surface area contributed by atoms with Crippen molar-refractivity contribution in [3.63, 3.8) is 0 Å². The number of sulfonamides is 1. The lowest BCUT2D eigenvalue weighted by Crippen LogP contribution is -2.45. The monoisotopic (exact) mass is 477 g/mol. The minimum atomic E-state index is -4.00. The van der Waals surface area contributed by atoms with Crippen LogP contribution in [0.3, 0.4) is 0 Å². The van der Waals surface area contributed by atoms with Gasteiger partial charge in [0.25, 0.3) is 0 Å². The third-order valence-corrected chi connectivity index (χ3v) is 7.41. The van der Waals surface area contributed by atoms with Crippen LogP contribution in [0.4, 0.5) is 11.4 Å². The lowest BCUT2D eigenvalue weighted by molar-refractivity contribution is -0.118. The molecule has 176 valence electrons. The normalized spacial score (nSPS) is 13.9. The standard InChI is InChI=1S/C26H27N3O4S/c1-18-8-6-7-11-23(18)27-26(31)24(16-20-9-4-3-5-10-20)28-34(32,33)22-12-13-25-21(17-22)14-15-29(25)19(2)30/h3-13,17,24,28H,14-16H2,1-2H3,(H,27,31)/t24-/m1/s1. The highest BCUT2D eigenvalue weighted by Crippen LogP contribution is 2.30. The number of nitrogens with zero attached hydrogens (tertiary/aromatic N) is 1. The Labute approximate surface area is 199 Å². The highest BCUT2D eigenvalue weighted by Gasteiger charge is 2.29. The Hall–Kier alpha value is -3.49. The smallest absolute Gasteiger partial charge is 0.242 e. The first-order valence-electron chi connectivity index (χ1n) is 11.1. The van der Waals surface area contributed by atoms with Gasteiger partial charge in [-0.25, -0.2) is 8.42 Å². The maximum Gasteiger partial charge on any atom is 0.242 e. The molecule has 1 aliphatic heterocycles. The number of hydrogen-bond acceptors (Lipinski definition) is 4. The molecule has 0 saturated carbocycles. The number of fused-ring (bicyclic) bond motifs is 1. The van der Waals surface area contributed by atoms with E-state index in [-0.39, 0.29) is 17.2 Å². The van der Waals surface area contributed by atoms with Gasteiger partial charge in [-0.2, -0.15) is 4.72 Å². The summed E-state index contributed by atoms with van der Waals surface area (Å²) in [4.78, 5) is 26.7. The van der Waals surface area contributed by atoms with Gasteiger partial charge in [0.2, 0.25) is 21.8 Å². The summed E-state index contributed by atoms with van der Waals surface area (Å²) in [5, 5.41) is 2.85. The number of para-hydroxylation sites is 1. The number of nitrogens with one attached hydrogen (secondary N) is 2. The van der Waals surface area contributed by atoms with Gasteiger partial charge in [0.1, 0.15) is 6.04 Å². The van der Waals surface area contributed by atoms with E-state index in [0.717, 1.165) is 22.4 Å². The Morgan fingerprint density at radius 3 is 2.41 bits per heavy atom. The zero-order valence-electron chi connectivity index (χ0n) is 19.1. The van der Waals surface area contributed by atoms with Crippen molar-refractivity contribution < 1.29 is 18.0 Å². The van der Waals surface area contributed by atoms with Crippen LogP contribution in [0.25, 0.3) is 0 Å². The third kappa shape index (κ3) is 5.18. The van der Waals surface area contributed by atoms with Gasteiger partial charge in [-0.1, -0.05) is 48.5 Å². The molecular formula is C26H27N3O4S. The van der Waals surface area contributed by atoms with Crippen molar-refractivity contribution in [2.45, 2.75) is 37.6 Å². The van der Waals surface area contributed by atoms with Crippen LogP contribution in [-0.4, -0.2) is 32.8 Å². The SMILES string of the molecule is CC(=O)N1CCc2cc(S(=O)(=O)N[C@H](Cc3ccccc3)C(=O)Nc3ccccc3C)ccc21. The number of carbonyl (C=O) groups excluding carboxylic acids is 2. The average molecular weight is 478 g/mol. The minimum Gasteiger partial charge on any atom is -0.324 e. The molecule has 0 spiro atoms. The second-order valence-electron chi connectivity index (χ2n) is 8.38. The molecule has 0 unspecified atom stereocenters. The number of benzene rings is 3. The van der Waals surface area contributed by atoms with E-state index >= 15 is 0 Å². The number of anilines is 2. The zero-order chi connectivity index (χ0) is 24.3. The van der Waals surface area contributed by atoms with Crippen molar-refractivity contribution in [1.82, 2.24) is 4.72 Å². The molecule has 1 aliphatic rings. The van der Waals surface area contributed by atoms with E-state index in [1.54, 1.807) is 23.1 Å². The van der Waals surface area contributed by atoms with Crippen molar-refractivity contribution in [3.8, 4) is 0 Å². The molecule has 34 heavy (non-hydrogen) atoms. The quantitative estimate of drug-likeness (QED) is 0.545. The molecule has 1 atom stereocenters. The van der Waals surface area contributed by atoms with Gasteiger partial charge in [-0.05, 0) is 60.7 Å². The summed E-state index contributed by atoms with van der Waals surface area (Å²) < 4.78 is 29.2. The van der Waals surface area contributed by atoms with E-state index in [1.165, 1.54) is 13.0 Å². The van der Waals surface area contributed by atoms with Crippen molar-refractivity contribution in [2.24, 2.45) is 0 Å². The van der Waals surface area contributed by atoms with Crippen LogP contribution in [0.2, 0.25) is 0 Å². The first-order valence-corrected chi connectivity index (χ1v) is 12.6. The highest BCUT2D eigenvalue weighted by atomic mass is 32.2. The van der Waals surface area contributed by atoms with Gasteiger partial charge in [-0.3, -0.25) is 9.59 Å². The number of hydrogen-bond donors (Lipinski definition) is 2. The van der Waals surface area contributed by atoms with Crippen LogP contribution in [0, 0.1) is 6.92 Å². The molecule has 2 N–H and O–H groups in total. The Morgan fingerprint density at radius 2 is 1.71 bits per heavy atom. The van der Waals surface area contributed by atoms with Gasteiger partial charge >= 0.3 is 0 Å². The van der Waals surface area contributed by atoms with Gasteiger partial charge < -0.3 is 10.2 Å². The molecule has 3 aromatic carbocycles. The molecule has 1 heterocycles. The second kappa shape index (κ2) is 9.79. The van der Waals surface area contributed by atoms with E-state index in [0.29, 0.717) is 18.7 Å². The molecule has 0 aliphatic carbocycles. The molecule has 0 saturated heterocycles. The van der Waals surface area contributed by atoms with E-state index in [4.69, 9.17) is 0 Å². The summed E-state index contributed by atoms with van der Waals surface area (Å²) in [6.07, 6.45) is 0.778. The Kier molecular flexibility index (Phi) is 6.81. The van der Waals surface area contributed by atoms with Gasteiger partial charge in [0, 0.05) is 24.8 Å². The second-order valence-corrected chi connectivity index (χ2v) is 10.1. The molecule has 4 rings (SSSR count). The molecule has 0 bridgehead atoms. The summed E-state index contributed by atoms with van der Waals surface area (Å²) in [6, 6.07) is 20.3. The maximum absolute atomic E-state index is 13.3. The molecule has 0 fully saturated rings. The lowest BCUT2D eigenvalue weighted by atomic mass is 10.1. The van der Waals surface area contributed by atoms with Gasteiger partial charge in [-0.15, -0.1) is 0 Å². The maximum atomic E-state index is 13.3. The predicted molar refractivity (Wildman–Crippen MR) is 132 cm³/mol. The van der Waals surface area contributed by atoms with Crippen molar-refractivity contribution in [2.75, 3.05) is 16.8 Å². The van der Waals surface area contributed by atoms with Crippen molar-refractivity contribution in [3.05, 3.63) is 89.5 Å². The van der Waals surface area contributed by atoms with E-state index < -0.39 is 22.0 Å². The zero-order valence-corrected chi connectivity index (χ0v) is 19.9. The van der Waals surface area contributed by atoms with Crippen LogP contribution < -0.4 is 14.9 Å². The van der Waals surface area contributed by atoms with E-state index in [1.807, 2.05) is 55.5 Å². The Balaban J connectivity index is 1.60. The van der Waals surface area contributed by atoms with Crippen LogP contribution in [-0.2, 0) is 32.5 Å². The topological polar surface area (TPSA) is 95.6 Å². The largest absolute Gasteiger partial charge is 0.324 e. The van der Waals surface area contributed by atoms with E-state index in [9.17, 15) is 18.0 Å². The predicted octanol–water partition coefficient (Wildman–Crippen LogP) is 3.43. The first-order chi connectivity index (χ1) is 16.2. The van der Waals surface area contributed by atoms with Crippen LogP contribution in [0.5, 0.6) is 0 Å². The molecule has 0 aromatic heterocycles. The van der Waals surface area contributed by atoms with Gasteiger partial charge in [0.15, 0.2) is 0 Å². The summed E-state index contributed by atoms with van der Waals surface area (Å²) in [5.74, 6) is -0.520. The van der Waals surface area contributed by atoms with Crippen molar-refractivity contribution in [1.29, 1.82) is 0 Å². The lowest BCUT2D eigenvalue weighted by Gasteiger charge is -2.20. The summed E-state index contributed by atoms with van der Waals surface area (Å²) in [5.41, 5.74) is 3.87. The van der Waals surface area contributed by atoms with Crippen LogP contribution in [0.1, 0.15) is 23.6 Å². The third-order valence-electron chi connectivity index (χ3n) is 5.94. The molecular weight excluding hydrogens is 450 g/mol. The van der Waals surface area contributed by atoms with Crippen LogP contribution >= 0.6 is 0 Å².